The van der Waals surface area contributed by atoms with Gasteiger partial charge in [0.25, 0.3) is 0 Å². The molecule has 2 atom stereocenters. The van der Waals surface area contributed by atoms with E-state index in [-0.39, 0.29) is 11.9 Å². The highest BCUT2D eigenvalue weighted by Crippen LogP contribution is 2.34. The van der Waals surface area contributed by atoms with Gasteiger partial charge in [-0.2, -0.15) is 0 Å². The van der Waals surface area contributed by atoms with Crippen LogP contribution in [-0.2, 0) is 9.53 Å². The monoisotopic (exact) mass is 293 g/mol. The summed E-state index contributed by atoms with van der Waals surface area (Å²) < 4.78 is 5.22. The number of nitrogens with zero attached hydrogens (tertiary/aromatic N) is 1. The molecule has 0 saturated carbocycles. The molecule has 1 heterocycles. The van der Waals surface area contributed by atoms with E-state index < -0.39 is 6.04 Å². The summed E-state index contributed by atoms with van der Waals surface area (Å²) >= 11 is 0. The number of carbonyl (C=O) groups excluding carboxylic acids is 1. The second kappa shape index (κ2) is 6.56. The third-order valence-corrected chi connectivity index (χ3v) is 3.95. The maximum atomic E-state index is 12.3. The zero-order chi connectivity index (χ0) is 15.4. The van der Waals surface area contributed by atoms with Gasteiger partial charge in [-0.05, 0) is 24.5 Å². The van der Waals surface area contributed by atoms with E-state index in [9.17, 15) is 4.79 Å². The van der Waals surface area contributed by atoms with Gasteiger partial charge in [-0.15, -0.1) is 0 Å². The molecule has 0 N–H and O–H groups in total. The first kappa shape index (κ1) is 14.5. The molecule has 2 unspecified atom stereocenters. The first-order valence-electron chi connectivity index (χ1n) is 7.63. The Bertz CT molecular complexity index is 664. The van der Waals surface area contributed by atoms with Gasteiger partial charge < -0.3 is 4.74 Å². The second-order valence-electron chi connectivity index (χ2n) is 5.36. The molecule has 3 heteroatoms. The largest absolute Gasteiger partial charge is 0.464 e. The van der Waals surface area contributed by atoms with Crippen LogP contribution < -0.4 is 0 Å². The quantitative estimate of drug-likeness (QED) is 0.808. The fourth-order valence-corrected chi connectivity index (χ4v) is 2.90. The smallest absolute Gasteiger partial charge is 0.331 e. The van der Waals surface area contributed by atoms with Crippen molar-refractivity contribution in [2.75, 3.05) is 6.61 Å². The van der Waals surface area contributed by atoms with Crippen molar-refractivity contribution < 1.29 is 9.53 Å². The maximum Gasteiger partial charge on any atom is 0.331 e. The van der Waals surface area contributed by atoms with Gasteiger partial charge in [0.05, 0.1) is 6.61 Å². The van der Waals surface area contributed by atoms with Gasteiger partial charge in [-0.1, -0.05) is 60.7 Å². The topological polar surface area (TPSA) is 38.7 Å². The van der Waals surface area contributed by atoms with Crippen LogP contribution in [-0.4, -0.2) is 24.3 Å². The van der Waals surface area contributed by atoms with Crippen LogP contribution in [0.15, 0.2) is 65.7 Å². The molecule has 0 amide bonds. The lowest BCUT2D eigenvalue weighted by atomic mass is 9.89. The van der Waals surface area contributed by atoms with Gasteiger partial charge in [0.2, 0.25) is 0 Å². The summed E-state index contributed by atoms with van der Waals surface area (Å²) in [5, 5.41) is 0. The lowest BCUT2D eigenvalue weighted by Crippen LogP contribution is -2.25. The lowest BCUT2D eigenvalue weighted by molar-refractivity contribution is -0.144. The highest BCUT2D eigenvalue weighted by Gasteiger charge is 2.36. The Morgan fingerprint density at radius 1 is 1.09 bits per heavy atom. The molecule has 1 aliphatic heterocycles. The number of benzene rings is 2. The molecule has 3 nitrogen and oxygen atoms in total. The van der Waals surface area contributed by atoms with Gasteiger partial charge in [-0.25, -0.2) is 4.79 Å². The van der Waals surface area contributed by atoms with Crippen molar-refractivity contribution in [3.05, 3.63) is 71.8 Å². The third-order valence-electron chi connectivity index (χ3n) is 3.95. The van der Waals surface area contributed by atoms with E-state index in [4.69, 9.17) is 4.74 Å². The van der Waals surface area contributed by atoms with Crippen LogP contribution in [0.5, 0.6) is 0 Å². The molecular weight excluding hydrogens is 274 g/mol. The predicted octanol–water partition coefficient (Wildman–Crippen LogP) is 3.59. The molecule has 2 aromatic rings. The number of esters is 1. The molecule has 0 bridgehead atoms. The van der Waals surface area contributed by atoms with Crippen LogP contribution in [0.25, 0.3) is 0 Å². The molecule has 0 spiro atoms. The maximum absolute atomic E-state index is 12.3. The highest BCUT2D eigenvalue weighted by atomic mass is 16.5. The van der Waals surface area contributed by atoms with Crippen LogP contribution in [0.1, 0.15) is 30.4 Å². The molecule has 2 aromatic carbocycles. The van der Waals surface area contributed by atoms with Gasteiger partial charge in [0.1, 0.15) is 0 Å². The van der Waals surface area contributed by atoms with E-state index >= 15 is 0 Å². The number of ether oxygens (including phenoxy) is 1. The van der Waals surface area contributed by atoms with Crippen LogP contribution in [0, 0.1) is 0 Å². The predicted molar refractivity (Wildman–Crippen MR) is 87.2 cm³/mol. The Hall–Kier alpha value is -2.42. The summed E-state index contributed by atoms with van der Waals surface area (Å²) in [7, 11) is 0. The summed E-state index contributed by atoms with van der Waals surface area (Å²) in [6, 6.07) is 19.7. The first-order chi connectivity index (χ1) is 10.8. The molecule has 112 valence electrons. The van der Waals surface area contributed by atoms with E-state index in [1.807, 2.05) is 55.5 Å². The molecule has 22 heavy (non-hydrogen) atoms. The van der Waals surface area contributed by atoms with Crippen LogP contribution in [0.2, 0.25) is 0 Å². The Morgan fingerprint density at radius 3 is 2.36 bits per heavy atom. The van der Waals surface area contributed by atoms with Crippen molar-refractivity contribution in [1.82, 2.24) is 0 Å². The Kier molecular flexibility index (Phi) is 4.33. The van der Waals surface area contributed by atoms with Gasteiger partial charge in [0, 0.05) is 11.6 Å². The van der Waals surface area contributed by atoms with Gasteiger partial charge in [-0.3, -0.25) is 4.99 Å². The Balaban J connectivity index is 1.92. The summed E-state index contributed by atoms with van der Waals surface area (Å²) in [6.07, 6.45) is 0.761. The zero-order valence-electron chi connectivity index (χ0n) is 12.6. The van der Waals surface area contributed by atoms with Crippen LogP contribution in [0.3, 0.4) is 0 Å². The molecule has 3 rings (SSSR count). The minimum atomic E-state index is -0.447. The molecular formula is C19H19NO2. The normalized spacial score (nSPS) is 20.5. The second-order valence-corrected chi connectivity index (χ2v) is 5.36. The number of aliphatic imine (C=N–C) groups is 1. The fraction of sp³-hybridized carbons (Fsp3) is 0.263. The van der Waals surface area contributed by atoms with Crippen molar-refractivity contribution in [3.63, 3.8) is 0 Å². The van der Waals surface area contributed by atoms with Crippen molar-refractivity contribution in [2.45, 2.75) is 25.3 Å². The van der Waals surface area contributed by atoms with Crippen molar-refractivity contribution in [2.24, 2.45) is 4.99 Å². The van der Waals surface area contributed by atoms with E-state index in [1.54, 1.807) is 0 Å². The Morgan fingerprint density at radius 2 is 1.73 bits per heavy atom. The fourth-order valence-electron chi connectivity index (χ4n) is 2.90. The van der Waals surface area contributed by atoms with Crippen LogP contribution >= 0.6 is 0 Å². The van der Waals surface area contributed by atoms with Crippen LogP contribution in [0.4, 0.5) is 0 Å². The highest BCUT2D eigenvalue weighted by molar-refractivity contribution is 6.04. The number of carbonyl (C=O) groups is 1. The minimum absolute atomic E-state index is 0.0513. The summed E-state index contributed by atoms with van der Waals surface area (Å²) in [4.78, 5) is 17.0. The van der Waals surface area contributed by atoms with E-state index in [2.05, 4.69) is 17.1 Å². The lowest BCUT2D eigenvalue weighted by Gasteiger charge is -2.16. The number of rotatable bonds is 4. The first-order valence-corrected chi connectivity index (χ1v) is 7.63. The molecule has 0 fully saturated rings. The van der Waals surface area contributed by atoms with Gasteiger partial charge in [0.15, 0.2) is 6.04 Å². The molecule has 0 aromatic heterocycles. The third kappa shape index (κ3) is 2.93. The molecule has 0 radical (unpaired) electrons. The molecule has 0 aliphatic carbocycles. The minimum Gasteiger partial charge on any atom is -0.464 e. The zero-order valence-corrected chi connectivity index (χ0v) is 12.6. The van der Waals surface area contributed by atoms with Gasteiger partial charge >= 0.3 is 5.97 Å². The molecule has 0 saturated heterocycles. The summed E-state index contributed by atoms with van der Waals surface area (Å²) in [6.45, 7) is 2.21. The number of hydrogen-bond acceptors (Lipinski definition) is 3. The standard InChI is InChI=1S/C19H19NO2/c1-2-22-19(21)18-16(14-9-5-3-6-10-14)13-17(20-18)15-11-7-4-8-12-15/h3-12,16,18H,2,13H2,1H3. The van der Waals surface area contributed by atoms with Crippen molar-refractivity contribution >= 4 is 11.7 Å². The molecule has 1 aliphatic rings. The Labute approximate surface area is 130 Å². The summed E-state index contributed by atoms with van der Waals surface area (Å²) in [5.74, 6) is -0.183. The van der Waals surface area contributed by atoms with E-state index in [1.165, 1.54) is 0 Å². The average Bonchev–Trinajstić information content (AvgIpc) is 3.02. The summed E-state index contributed by atoms with van der Waals surface area (Å²) in [5.41, 5.74) is 3.19. The SMILES string of the molecule is CCOC(=O)C1N=C(c2ccccc2)CC1c1ccccc1. The van der Waals surface area contributed by atoms with Crippen molar-refractivity contribution in [3.8, 4) is 0 Å². The number of hydrogen-bond donors (Lipinski definition) is 0. The van der Waals surface area contributed by atoms with E-state index in [0.29, 0.717) is 6.61 Å². The van der Waals surface area contributed by atoms with E-state index in [0.717, 1.165) is 23.3 Å². The average molecular weight is 293 g/mol. The van der Waals surface area contributed by atoms with Crippen molar-refractivity contribution in [1.29, 1.82) is 0 Å².